The standard InChI is InChI=1S/C14H21NO2/c1-14(2,3)17-10-6-7-13(16)11(9-10)12-5-4-8-15-12/h6-7,9,12,15-16H,4-5,8H2,1-3H3/t12-/m0/s1. The number of aromatic hydroxyl groups is 1. The molecule has 2 N–H and O–H groups in total. The minimum atomic E-state index is -0.211. The van der Waals surface area contributed by atoms with Crippen LogP contribution in [0.5, 0.6) is 11.5 Å². The molecule has 0 aliphatic carbocycles. The number of nitrogens with one attached hydrogen (secondary N) is 1. The van der Waals surface area contributed by atoms with Crippen LogP contribution in [0.25, 0.3) is 0 Å². The quantitative estimate of drug-likeness (QED) is 0.828. The first-order chi connectivity index (χ1) is 7.96. The van der Waals surface area contributed by atoms with Gasteiger partial charge in [-0.15, -0.1) is 0 Å². The van der Waals surface area contributed by atoms with E-state index in [0.29, 0.717) is 5.75 Å². The van der Waals surface area contributed by atoms with Gasteiger partial charge in [-0.05, 0) is 58.4 Å². The van der Waals surface area contributed by atoms with Crippen molar-refractivity contribution in [1.82, 2.24) is 5.32 Å². The molecule has 0 aromatic heterocycles. The fraction of sp³-hybridized carbons (Fsp3) is 0.571. The summed E-state index contributed by atoms with van der Waals surface area (Å²) in [4.78, 5) is 0. The van der Waals surface area contributed by atoms with E-state index in [-0.39, 0.29) is 11.6 Å². The molecule has 1 aromatic carbocycles. The third kappa shape index (κ3) is 3.13. The van der Waals surface area contributed by atoms with Crippen molar-refractivity contribution >= 4 is 0 Å². The summed E-state index contributed by atoms with van der Waals surface area (Å²) in [6.45, 7) is 7.09. The highest BCUT2D eigenvalue weighted by molar-refractivity contribution is 5.41. The molecule has 0 amide bonds. The Hall–Kier alpha value is -1.22. The van der Waals surface area contributed by atoms with Crippen molar-refractivity contribution in [2.24, 2.45) is 0 Å². The molecule has 0 bridgehead atoms. The highest BCUT2D eigenvalue weighted by Gasteiger charge is 2.21. The lowest BCUT2D eigenvalue weighted by molar-refractivity contribution is 0.130. The number of rotatable bonds is 2. The minimum absolute atomic E-state index is 0.211. The Bertz CT molecular complexity index is 390. The Balaban J connectivity index is 2.22. The van der Waals surface area contributed by atoms with E-state index in [2.05, 4.69) is 5.32 Å². The lowest BCUT2D eigenvalue weighted by Crippen LogP contribution is -2.23. The molecule has 17 heavy (non-hydrogen) atoms. The van der Waals surface area contributed by atoms with Gasteiger partial charge in [0.2, 0.25) is 0 Å². The van der Waals surface area contributed by atoms with Crippen LogP contribution in [0.1, 0.15) is 45.2 Å². The van der Waals surface area contributed by atoms with Gasteiger partial charge < -0.3 is 15.2 Å². The van der Waals surface area contributed by atoms with Gasteiger partial charge in [0, 0.05) is 11.6 Å². The average molecular weight is 235 g/mol. The monoisotopic (exact) mass is 235 g/mol. The number of benzene rings is 1. The third-order valence-electron chi connectivity index (χ3n) is 2.86. The second-order valence-electron chi connectivity index (χ2n) is 5.58. The van der Waals surface area contributed by atoms with Gasteiger partial charge >= 0.3 is 0 Å². The first kappa shape index (κ1) is 12.2. The Labute approximate surface area is 103 Å². The largest absolute Gasteiger partial charge is 0.508 e. The molecule has 3 nitrogen and oxygen atoms in total. The van der Waals surface area contributed by atoms with Gasteiger partial charge in [0.1, 0.15) is 17.1 Å². The lowest BCUT2D eigenvalue weighted by atomic mass is 10.0. The summed E-state index contributed by atoms with van der Waals surface area (Å²) >= 11 is 0. The summed E-state index contributed by atoms with van der Waals surface area (Å²) in [5.41, 5.74) is 0.737. The minimum Gasteiger partial charge on any atom is -0.508 e. The number of phenols is 1. The van der Waals surface area contributed by atoms with Crippen LogP contribution in [0.3, 0.4) is 0 Å². The molecule has 0 spiro atoms. The van der Waals surface area contributed by atoms with Crippen molar-refractivity contribution in [2.45, 2.75) is 45.3 Å². The molecule has 0 unspecified atom stereocenters. The third-order valence-corrected chi connectivity index (χ3v) is 2.86. The average Bonchev–Trinajstić information content (AvgIpc) is 2.72. The maximum Gasteiger partial charge on any atom is 0.120 e. The van der Waals surface area contributed by atoms with Crippen LogP contribution in [0.2, 0.25) is 0 Å². The van der Waals surface area contributed by atoms with Crippen LogP contribution in [0.4, 0.5) is 0 Å². The molecule has 1 fully saturated rings. The predicted octanol–water partition coefficient (Wildman–Crippen LogP) is 2.99. The van der Waals surface area contributed by atoms with Crippen molar-refractivity contribution in [2.75, 3.05) is 6.54 Å². The molecular formula is C14H21NO2. The Morgan fingerprint density at radius 1 is 1.35 bits per heavy atom. The topological polar surface area (TPSA) is 41.5 Å². The normalized spacial score (nSPS) is 20.5. The van der Waals surface area contributed by atoms with Crippen molar-refractivity contribution in [3.05, 3.63) is 23.8 Å². The zero-order valence-corrected chi connectivity index (χ0v) is 10.8. The number of hydrogen-bond acceptors (Lipinski definition) is 3. The molecule has 1 aliphatic heterocycles. The summed E-state index contributed by atoms with van der Waals surface area (Å²) in [5.74, 6) is 1.17. The summed E-state index contributed by atoms with van der Waals surface area (Å²) in [7, 11) is 0. The molecule has 2 rings (SSSR count). The van der Waals surface area contributed by atoms with Crippen LogP contribution in [0.15, 0.2) is 18.2 Å². The van der Waals surface area contributed by atoms with Crippen LogP contribution >= 0.6 is 0 Å². The maximum atomic E-state index is 9.90. The summed E-state index contributed by atoms with van der Waals surface area (Å²) in [6.07, 6.45) is 2.24. The fourth-order valence-electron chi connectivity index (χ4n) is 2.18. The number of hydrogen-bond donors (Lipinski definition) is 2. The predicted molar refractivity (Wildman–Crippen MR) is 68.5 cm³/mol. The molecule has 0 saturated carbocycles. The van der Waals surface area contributed by atoms with Crippen LogP contribution in [-0.4, -0.2) is 17.3 Å². The smallest absolute Gasteiger partial charge is 0.120 e. The Morgan fingerprint density at radius 2 is 2.12 bits per heavy atom. The Kier molecular flexibility index (Phi) is 3.29. The number of phenolic OH excluding ortho intramolecular Hbond substituents is 1. The highest BCUT2D eigenvalue weighted by Crippen LogP contribution is 2.33. The SMILES string of the molecule is CC(C)(C)Oc1ccc(O)c([C@@H]2CCCN2)c1. The molecule has 1 atom stereocenters. The van der Waals surface area contributed by atoms with Crippen molar-refractivity contribution in [3.8, 4) is 11.5 Å². The molecule has 1 saturated heterocycles. The maximum absolute atomic E-state index is 9.90. The van der Waals surface area contributed by atoms with Gasteiger partial charge in [0.05, 0.1) is 0 Å². The molecular weight excluding hydrogens is 214 g/mol. The van der Waals surface area contributed by atoms with E-state index < -0.39 is 0 Å². The molecule has 1 aromatic rings. The van der Waals surface area contributed by atoms with E-state index in [4.69, 9.17) is 4.74 Å². The van der Waals surface area contributed by atoms with Gasteiger partial charge in [-0.25, -0.2) is 0 Å². The van der Waals surface area contributed by atoms with Gasteiger partial charge in [0.25, 0.3) is 0 Å². The van der Waals surface area contributed by atoms with Gasteiger partial charge in [-0.1, -0.05) is 0 Å². The first-order valence-electron chi connectivity index (χ1n) is 6.21. The molecule has 1 heterocycles. The number of ether oxygens (including phenoxy) is 1. The highest BCUT2D eigenvalue weighted by atomic mass is 16.5. The van der Waals surface area contributed by atoms with Crippen LogP contribution in [-0.2, 0) is 0 Å². The zero-order chi connectivity index (χ0) is 12.5. The van der Waals surface area contributed by atoms with Crippen LogP contribution < -0.4 is 10.1 Å². The summed E-state index contributed by atoms with van der Waals surface area (Å²) < 4.78 is 5.82. The summed E-state index contributed by atoms with van der Waals surface area (Å²) in [6, 6.07) is 5.75. The van der Waals surface area contributed by atoms with Crippen molar-refractivity contribution in [1.29, 1.82) is 0 Å². The van der Waals surface area contributed by atoms with E-state index in [1.807, 2.05) is 32.9 Å². The van der Waals surface area contributed by atoms with Crippen LogP contribution in [0, 0.1) is 0 Å². The second-order valence-corrected chi connectivity index (χ2v) is 5.58. The first-order valence-corrected chi connectivity index (χ1v) is 6.21. The van der Waals surface area contributed by atoms with E-state index in [9.17, 15) is 5.11 Å². The molecule has 94 valence electrons. The molecule has 1 aliphatic rings. The van der Waals surface area contributed by atoms with Gasteiger partial charge in [-0.2, -0.15) is 0 Å². The lowest BCUT2D eigenvalue weighted by Gasteiger charge is -2.22. The van der Waals surface area contributed by atoms with Crippen molar-refractivity contribution < 1.29 is 9.84 Å². The van der Waals surface area contributed by atoms with Gasteiger partial charge in [0.15, 0.2) is 0 Å². The fourth-order valence-corrected chi connectivity index (χ4v) is 2.18. The van der Waals surface area contributed by atoms with E-state index in [0.717, 1.165) is 30.7 Å². The van der Waals surface area contributed by atoms with Gasteiger partial charge in [-0.3, -0.25) is 0 Å². The molecule has 0 radical (unpaired) electrons. The zero-order valence-electron chi connectivity index (χ0n) is 10.8. The van der Waals surface area contributed by atoms with Crippen molar-refractivity contribution in [3.63, 3.8) is 0 Å². The Morgan fingerprint density at radius 3 is 2.71 bits per heavy atom. The summed E-state index contributed by atoms with van der Waals surface area (Å²) in [5, 5.41) is 13.3. The molecule has 3 heteroatoms. The van der Waals surface area contributed by atoms with E-state index >= 15 is 0 Å². The second kappa shape index (κ2) is 4.57. The van der Waals surface area contributed by atoms with E-state index in [1.54, 1.807) is 6.07 Å². The van der Waals surface area contributed by atoms with E-state index in [1.165, 1.54) is 0 Å².